The van der Waals surface area contributed by atoms with Gasteiger partial charge in [-0.05, 0) is 42.5 Å². The largest absolute Gasteiger partial charge is 0.341 e. The molecular formula is C18H22N4S. The van der Waals surface area contributed by atoms with Crippen LogP contribution in [0, 0.1) is 0 Å². The van der Waals surface area contributed by atoms with E-state index in [9.17, 15) is 0 Å². The van der Waals surface area contributed by atoms with E-state index >= 15 is 0 Å². The molecule has 1 aromatic carbocycles. The molecule has 2 heterocycles. The van der Waals surface area contributed by atoms with Gasteiger partial charge < -0.3 is 10.3 Å². The zero-order valence-electron chi connectivity index (χ0n) is 13.4. The lowest BCUT2D eigenvalue weighted by Crippen LogP contribution is -2.17. The maximum absolute atomic E-state index is 4.64. The molecule has 0 saturated carbocycles. The van der Waals surface area contributed by atoms with Gasteiger partial charge in [-0.2, -0.15) is 0 Å². The van der Waals surface area contributed by atoms with Gasteiger partial charge in [0.15, 0.2) is 0 Å². The first-order valence-electron chi connectivity index (χ1n) is 8.07. The van der Waals surface area contributed by atoms with Crippen molar-refractivity contribution < 1.29 is 0 Å². The summed E-state index contributed by atoms with van der Waals surface area (Å²) in [5.74, 6) is 2.14. The topological polar surface area (TPSA) is 53.6 Å². The highest BCUT2D eigenvalue weighted by atomic mass is 32.2. The molecular weight excluding hydrogens is 304 g/mol. The molecule has 0 atom stereocenters. The summed E-state index contributed by atoms with van der Waals surface area (Å²) in [4.78, 5) is 13.7. The summed E-state index contributed by atoms with van der Waals surface area (Å²) in [6.45, 7) is 3.85. The second-order valence-corrected chi connectivity index (χ2v) is 6.63. The van der Waals surface area contributed by atoms with Gasteiger partial charge in [-0.3, -0.25) is 4.98 Å². The molecule has 0 saturated heterocycles. The highest BCUT2D eigenvalue weighted by Crippen LogP contribution is 2.23. The first-order chi connectivity index (χ1) is 11.3. The third-order valence-corrected chi connectivity index (χ3v) is 4.75. The fourth-order valence-corrected chi connectivity index (χ4v) is 3.21. The van der Waals surface area contributed by atoms with Crippen molar-refractivity contribution in [3.05, 3.63) is 54.1 Å². The number of aromatic amines is 1. The Morgan fingerprint density at radius 3 is 3.00 bits per heavy atom. The number of fused-ring (bicyclic) bond motifs is 1. The third-order valence-electron chi connectivity index (χ3n) is 3.55. The molecule has 2 N–H and O–H groups in total. The van der Waals surface area contributed by atoms with E-state index in [1.54, 1.807) is 0 Å². The van der Waals surface area contributed by atoms with Crippen LogP contribution in [0.2, 0.25) is 0 Å². The van der Waals surface area contributed by atoms with Crippen LogP contribution in [0.25, 0.3) is 11.0 Å². The fourth-order valence-electron chi connectivity index (χ4n) is 2.40. The number of rotatable bonds is 8. The number of thioether (sulfide) groups is 1. The number of benzene rings is 1. The predicted octanol–water partition coefficient (Wildman–Crippen LogP) is 3.79. The van der Waals surface area contributed by atoms with Crippen LogP contribution in [-0.2, 0) is 13.0 Å². The minimum Gasteiger partial charge on any atom is -0.341 e. The first kappa shape index (κ1) is 16.0. The molecule has 0 fully saturated rings. The van der Waals surface area contributed by atoms with Crippen LogP contribution in [0.5, 0.6) is 0 Å². The van der Waals surface area contributed by atoms with Gasteiger partial charge in [-0.1, -0.05) is 13.0 Å². The summed E-state index contributed by atoms with van der Waals surface area (Å²) in [5.41, 5.74) is 3.27. The smallest absolute Gasteiger partial charge is 0.121 e. The van der Waals surface area contributed by atoms with Crippen molar-refractivity contribution in [1.29, 1.82) is 0 Å². The first-order valence-corrected chi connectivity index (χ1v) is 9.06. The predicted molar refractivity (Wildman–Crippen MR) is 96.8 cm³/mol. The molecule has 0 aliphatic heterocycles. The molecule has 2 aromatic heterocycles. The van der Waals surface area contributed by atoms with Crippen molar-refractivity contribution in [3.8, 4) is 0 Å². The van der Waals surface area contributed by atoms with E-state index in [4.69, 9.17) is 0 Å². The second-order valence-electron chi connectivity index (χ2n) is 5.46. The van der Waals surface area contributed by atoms with E-state index in [0.29, 0.717) is 0 Å². The summed E-state index contributed by atoms with van der Waals surface area (Å²) in [7, 11) is 0. The minimum absolute atomic E-state index is 0.749. The summed E-state index contributed by atoms with van der Waals surface area (Å²) in [5, 5.41) is 3.42. The van der Waals surface area contributed by atoms with Crippen LogP contribution in [0.15, 0.2) is 47.5 Å². The molecule has 0 bridgehead atoms. The van der Waals surface area contributed by atoms with Crippen LogP contribution in [0.4, 0.5) is 0 Å². The second kappa shape index (κ2) is 8.13. The molecule has 3 aromatic rings. The normalized spacial score (nSPS) is 11.2. The third kappa shape index (κ3) is 4.56. The van der Waals surface area contributed by atoms with Gasteiger partial charge in [-0.15, -0.1) is 11.8 Å². The van der Waals surface area contributed by atoms with Gasteiger partial charge in [-0.25, -0.2) is 4.98 Å². The number of nitrogens with zero attached hydrogens (tertiary/aromatic N) is 2. The Bertz CT molecular complexity index is 739. The lowest BCUT2D eigenvalue weighted by Gasteiger charge is -2.02. The molecule has 0 unspecified atom stereocenters. The molecule has 0 radical (unpaired) electrons. The number of nitrogens with one attached hydrogen (secondary N) is 2. The number of hydrogen-bond acceptors (Lipinski definition) is 4. The molecule has 23 heavy (non-hydrogen) atoms. The van der Waals surface area contributed by atoms with Crippen LogP contribution in [-0.4, -0.2) is 27.2 Å². The highest BCUT2D eigenvalue weighted by molar-refractivity contribution is 7.99. The lowest BCUT2D eigenvalue weighted by atomic mass is 10.3. The molecule has 120 valence electrons. The Hall–Kier alpha value is -1.85. The van der Waals surface area contributed by atoms with Gasteiger partial charge in [0.05, 0.1) is 17.6 Å². The average Bonchev–Trinajstić information content (AvgIpc) is 3.00. The zero-order valence-corrected chi connectivity index (χ0v) is 14.2. The van der Waals surface area contributed by atoms with Crippen molar-refractivity contribution in [2.24, 2.45) is 0 Å². The van der Waals surface area contributed by atoms with Crippen molar-refractivity contribution in [1.82, 2.24) is 20.3 Å². The SMILES string of the molecule is CCCSc1ccc2nc(CNCCc3ccccn3)[nH]c2c1. The number of pyridine rings is 1. The molecule has 4 nitrogen and oxygen atoms in total. The van der Waals surface area contributed by atoms with Crippen LogP contribution in [0.3, 0.4) is 0 Å². The van der Waals surface area contributed by atoms with E-state index in [1.165, 1.54) is 11.3 Å². The van der Waals surface area contributed by atoms with Gasteiger partial charge >= 0.3 is 0 Å². The lowest BCUT2D eigenvalue weighted by molar-refractivity contribution is 0.660. The standard InChI is InChI=1S/C18H22N4S/c1-2-11-23-15-6-7-16-17(12-15)22-18(21-16)13-19-10-8-14-5-3-4-9-20-14/h3-7,9,12,19H,2,8,10-11,13H2,1H3,(H,21,22). The van der Waals surface area contributed by atoms with Gasteiger partial charge in [0.1, 0.15) is 5.82 Å². The maximum atomic E-state index is 4.64. The summed E-state index contributed by atoms with van der Waals surface area (Å²) >= 11 is 1.89. The quantitative estimate of drug-likeness (QED) is 0.488. The van der Waals surface area contributed by atoms with Crippen molar-refractivity contribution in [2.45, 2.75) is 31.2 Å². The van der Waals surface area contributed by atoms with Gasteiger partial charge in [0.25, 0.3) is 0 Å². The molecule has 0 aliphatic rings. The monoisotopic (exact) mass is 326 g/mol. The molecule has 0 amide bonds. The van der Waals surface area contributed by atoms with E-state index in [1.807, 2.05) is 30.1 Å². The Morgan fingerprint density at radius 1 is 1.22 bits per heavy atom. The Morgan fingerprint density at radius 2 is 2.17 bits per heavy atom. The van der Waals surface area contributed by atoms with E-state index in [-0.39, 0.29) is 0 Å². The highest BCUT2D eigenvalue weighted by Gasteiger charge is 2.04. The number of H-pyrrole nitrogens is 1. The summed E-state index contributed by atoms with van der Waals surface area (Å²) < 4.78 is 0. The van der Waals surface area contributed by atoms with Crippen molar-refractivity contribution in [3.63, 3.8) is 0 Å². The molecule has 0 spiro atoms. The van der Waals surface area contributed by atoms with Crippen LogP contribution in [0.1, 0.15) is 24.9 Å². The van der Waals surface area contributed by atoms with E-state index < -0.39 is 0 Å². The molecule has 5 heteroatoms. The van der Waals surface area contributed by atoms with Gasteiger partial charge in [0, 0.05) is 29.8 Å². The van der Waals surface area contributed by atoms with E-state index in [0.717, 1.165) is 47.8 Å². The van der Waals surface area contributed by atoms with Crippen LogP contribution >= 0.6 is 11.8 Å². The Balaban J connectivity index is 1.53. The Kier molecular flexibility index (Phi) is 5.66. The van der Waals surface area contributed by atoms with Crippen LogP contribution < -0.4 is 5.32 Å². The van der Waals surface area contributed by atoms with Crippen molar-refractivity contribution in [2.75, 3.05) is 12.3 Å². The molecule has 3 rings (SSSR count). The fraction of sp³-hybridized carbons (Fsp3) is 0.333. The van der Waals surface area contributed by atoms with Crippen molar-refractivity contribution >= 4 is 22.8 Å². The number of imidazole rings is 1. The Labute approximate surface area is 141 Å². The summed E-state index contributed by atoms with van der Waals surface area (Å²) in [6, 6.07) is 12.5. The average molecular weight is 326 g/mol. The van der Waals surface area contributed by atoms with Gasteiger partial charge in [0.2, 0.25) is 0 Å². The van der Waals surface area contributed by atoms with E-state index in [2.05, 4.69) is 51.5 Å². The number of hydrogen-bond donors (Lipinski definition) is 2. The number of aromatic nitrogens is 3. The molecule has 0 aliphatic carbocycles. The summed E-state index contributed by atoms with van der Waals surface area (Å²) in [6.07, 6.45) is 3.96. The zero-order chi connectivity index (χ0) is 15.9. The maximum Gasteiger partial charge on any atom is 0.121 e. The minimum atomic E-state index is 0.749.